The minimum absolute atomic E-state index is 0.0909. The van der Waals surface area contributed by atoms with Crippen LogP contribution in [0, 0.1) is 5.92 Å². The third-order valence-electron chi connectivity index (χ3n) is 12.1. The Hall–Kier alpha value is -1.96. The molecular formula is C44H53Cl2SiZr. The topological polar surface area (TPSA) is 0 Å². The second kappa shape index (κ2) is 13.6. The molecule has 0 heterocycles. The van der Waals surface area contributed by atoms with Crippen molar-refractivity contribution < 1.29 is 15.6 Å². The van der Waals surface area contributed by atoms with Gasteiger partial charge in [-0.15, -0.1) is 0 Å². The van der Waals surface area contributed by atoms with Crippen molar-refractivity contribution >= 4 is 35.1 Å². The number of benzene rings is 4. The van der Waals surface area contributed by atoms with Gasteiger partial charge in [-0.25, -0.2) is 0 Å². The van der Waals surface area contributed by atoms with Crippen molar-refractivity contribution in [1.82, 2.24) is 0 Å². The maximum absolute atomic E-state index is 8.67. The Balaban J connectivity index is 1.52. The molecule has 251 valence electrons. The molecule has 4 unspecified atom stereocenters. The first kappa shape index (κ1) is 35.9. The van der Waals surface area contributed by atoms with E-state index in [2.05, 4.69) is 159 Å². The minimum atomic E-state index is -4.82. The fourth-order valence-corrected chi connectivity index (χ4v) is 40.7. The molecule has 0 bridgehead atoms. The maximum atomic E-state index is 8.67. The van der Waals surface area contributed by atoms with Crippen LogP contribution in [0.25, 0.3) is 34.4 Å². The molecule has 4 atom stereocenters. The van der Waals surface area contributed by atoms with E-state index >= 15 is 0 Å². The normalized spacial score (nSPS) is 19.4. The van der Waals surface area contributed by atoms with E-state index in [0.717, 1.165) is 12.8 Å². The fraction of sp³-hybridized carbons (Fsp3) is 0.364. The van der Waals surface area contributed by atoms with E-state index in [1.807, 2.05) is 0 Å². The molecule has 4 aromatic rings. The molecule has 0 aromatic heterocycles. The van der Waals surface area contributed by atoms with Gasteiger partial charge in [-0.2, -0.15) is 0 Å². The van der Waals surface area contributed by atoms with Gasteiger partial charge in [0, 0.05) is 0 Å². The van der Waals surface area contributed by atoms with Crippen LogP contribution in [-0.2, 0) is 15.6 Å². The van der Waals surface area contributed by atoms with E-state index in [-0.39, 0.29) is 7.25 Å². The van der Waals surface area contributed by atoms with Gasteiger partial charge in [-0.05, 0) is 0 Å². The third kappa shape index (κ3) is 5.86. The van der Waals surface area contributed by atoms with Crippen molar-refractivity contribution in [1.29, 1.82) is 0 Å². The summed E-state index contributed by atoms with van der Waals surface area (Å²) < 4.78 is 0.187. The van der Waals surface area contributed by atoms with E-state index < -0.39 is 21.5 Å². The summed E-state index contributed by atoms with van der Waals surface area (Å²) in [7, 11) is 17.3. The molecule has 4 aromatic carbocycles. The van der Waals surface area contributed by atoms with Crippen LogP contribution in [0.2, 0.25) is 13.1 Å². The predicted octanol–water partition coefficient (Wildman–Crippen LogP) is 14.3. The first-order valence-corrected chi connectivity index (χ1v) is 34.6. The van der Waals surface area contributed by atoms with Crippen molar-refractivity contribution in [2.24, 2.45) is 5.92 Å². The molecule has 0 nitrogen and oxygen atoms in total. The molecule has 4 heteroatoms. The van der Waals surface area contributed by atoms with E-state index in [0.29, 0.717) is 17.8 Å². The summed E-state index contributed by atoms with van der Waals surface area (Å²) in [6, 6.07) is 32.2. The summed E-state index contributed by atoms with van der Waals surface area (Å²) in [5.41, 5.74) is 16.1. The average Bonchev–Trinajstić information content (AvgIpc) is 3.66. The van der Waals surface area contributed by atoms with Crippen molar-refractivity contribution in [3.63, 3.8) is 0 Å². The average molecular weight is 772 g/mol. The Labute approximate surface area is 299 Å². The van der Waals surface area contributed by atoms with E-state index in [1.54, 1.807) is 0 Å². The predicted molar refractivity (Wildman–Crippen MR) is 214 cm³/mol. The van der Waals surface area contributed by atoms with Gasteiger partial charge >= 0.3 is 302 Å². The molecule has 6 rings (SSSR count). The number of rotatable bonds is 10. The van der Waals surface area contributed by atoms with Crippen molar-refractivity contribution in [2.75, 3.05) is 0 Å². The number of halogens is 2. The van der Waals surface area contributed by atoms with E-state index in [9.17, 15) is 0 Å². The molecule has 0 saturated heterocycles. The van der Waals surface area contributed by atoms with Gasteiger partial charge in [0.15, 0.2) is 0 Å². The monoisotopic (exact) mass is 769 g/mol. The molecular weight excluding hydrogens is 719 g/mol. The molecule has 0 aliphatic heterocycles. The number of allylic oxidation sites excluding steroid dienone is 2. The summed E-state index contributed by atoms with van der Waals surface area (Å²) in [6.45, 7) is 21.0. The summed E-state index contributed by atoms with van der Waals surface area (Å²) in [6.07, 6.45) is 7.16. The van der Waals surface area contributed by atoms with Crippen LogP contribution in [0.3, 0.4) is 0 Å². The van der Waals surface area contributed by atoms with Gasteiger partial charge in [0.05, 0.1) is 0 Å². The van der Waals surface area contributed by atoms with Crippen LogP contribution in [0.1, 0.15) is 114 Å². The van der Waals surface area contributed by atoms with Crippen molar-refractivity contribution in [3.8, 4) is 22.3 Å². The molecule has 48 heavy (non-hydrogen) atoms. The summed E-state index contributed by atoms with van der Waals surface area (Å²) >= 11 is -4.82. The SMILES string of the molecule is CCC(C)C1=Cc2c(-c3ccc(C(C)C)cc3)cccc2[CH]1[Zr]([Cl])([Cl])([CH]1C(C)=Cc2c(-c3ccc(C(C)CC)cc3)cccc21)[SiH](C)C. The van der Waals surface area contributed by atoms with Crippen molar-refractivity contribution in [3.05, 3.63) is 129 Å². The van der Waals surface area contributed by atoms with E-state index in [1.165, 1.54) is 66.8 Å². The van der Waals surface area contributed by atoms with Crippen LogP contribution in [0.4, 0.5) is 0 Å². The van der Waals surface area contributed by atoms with Crippen LogP contribution >= 0.6 is 17.0 Å². The van der Waals surface area contributed by atoms with Crippen LogP contribution in [-0.4, -0.2) is 5.92 Å². The molecule has 2 aliphatic rings. The Bertz CT molecular complexity index is 1880. The van der Waals surface area contributed by atoms with Crippen LogP contribution < -0.4 is 0 Å². The van der Waals surface area contributed by atoms with Gasteiger partial charge in [0.1, 0.15) is 0 Å². The number of hydrogen-bond acceptors (Lipinski definition) is 0. The van der Waals surface area contributed by atoms with Gasteiger partial charge < -0.3 is 0 Å². The number of hydrogen-bond donors (Lipinski definition) is 0. The Morgan fingerprint density at radius 3 is 1.58 bits per heavy atom. The van der Waals surface area contributed by atoms with Gasteiger partial charge in [0.25, 0.3) is 0 Å². The third-order valence-corrected chi connectivity index (χ3v) is 64.0. The van der Waals surface area contributed by atoms with Crippen LogP contribution in [0.15, 0.2) is 96.1 Å². The molecule has 2 aliphatic carbocycles. The molecule has 0 amide bonds. The molecule has 0 saturated carbocycles. The van der Waals surface area contributed by atoms with E-state index in [4.69, 9.17) is 17.0 Å². The van der Waals surface area contributed by atoms with Gasteiger partial charge in [0.2, 0.25) is 0 Å². The Kier molecular flexibility index (Phi) is 10.2. The zero-order chi connectivity index (χ0) is 34.6. The molecule has 0 spiro atoms. The van der Waals surface area contributed by atoms with Crippen molar-refractivity contribution in [2.45, 2.75) is 93.5 Å². The first-order chi connectivity index (χ1) is 22.8. The summed E-state index contributed by atoms with van der Waals surface area (Å²) in [5.74, 6) is -0.157. The fourth-order valence-electron chi connectivity index (χ4n) is 8.60. The molecule has 0 radical (unpaired) electrons. The Morgan fingerprint density at radius 2 is 1.10 bits per heavy atom. The second-order valence-corrected chi connectivity index (χ2v) is 57.9. The van der Waals surface area contributed by atoms with Crippen LogP contribution in [0.5, 0.6) is 0 Å². The summed E-state index contributed by atoms with van der Waals surface area (Å²) in [5, 5.41) is 0. The first-order valence-electron chi connectivity index (χ1n) is 18.2. The zero-order valence-corrected chi connectivity index (χ0v) is 35.5. The zero-order valence-electron chi connectivity index (χ0n) is 30.4. The molecule has 0 fully saturated rings. The second-order valence-electron chi connectivity index (χ2n) is 15.4. The summed E-state index contributed by atoms with van der Waals surface area (Å²) in [4.78, 5) is 0. The van der Waals surface area contributed by atoms with Gasteiger partial charge in [-0.1, -0.05) is 0 Å². The Morgan fingerprint density at radius 1 is 0.625 bits per heavy atom. The van der Waals surface area contributed by atoms with Gasteiger partial charge in [-0.3, -0.25) is 0 Å². The standard InChI is InChI=1S/C22H25.C20H21.C2H7Si.2ClH.Zr/c1-5-16(4)20-13-19-7-6-8-21(22(19)14-20)18-11-9-17(10-12-18)15(2)3;1-4-15(3)16-8-10-17(11-9-16)19-7-5-6-18-12-14(2)13-20(18)19;1-3-2;;;/h6-16H,5H2,1-4H3;5-13,15H,4H2,1-3H3;3H,1-2H3;2*1H;/q;;;;;+2/p-2. The molecule has 0 N–H and O–H groups in total. The number of fused-ring (bicyclic) bond motifs is 2. The quantitative estimate of drug-likeness (QED) is 0.141.